The third kappa shape index (κ3) is 3.66. The highest BCUT2D eigenvalue weighted by molar-refractivity contribution is 5.84. The Morgan fingerprint density at radius 3 is 2.55 bits per heavy atom. The van der Waals surface area contributed by atoms with E-state index in [0.717, 1.165) is 0 Å². The lowest BCUT2D eigenvalue weighted by atomic mass is 9.78. The Morgan fingerprint density at radius 2 is 2.05 bits per heavy atom. The summed E-state index contributed by atoms with van der Waals surface area (Å²) in [5, 5.41) is 6.20. The molecule has 0 radical (unpaired) electrons. The molecule has 1 fully saturated rings. The van der Waals surface area contributed by atoms with Crippen molar-refractivity contribution in [1.29, 1.82) is 0 Å². The molecular formula is C12H14F5N3O2. The maximum Gasteiger partial charge on any atom is 0.422 e. The molecule has 0 saturated heterocycles. The van der Waals surface area contributed by atoms with Crippen LogP contribution in [0.3, 0.4) is 0 Å². The molecule has 2 rings (SSSR count). The van der Waals surface area contributed by atoms with Gasteiger partial charge in [0.15, 0.2) is 6.61 Å². The number of alkyl halides is 5. The van der Waals surface area contributed by atoms with E-state index in [4.69, 9.17) is 0 Å². The van der Waals surface area contributed by atoms with E-state index in [0.29, 0.717) is 11.3 Å². The van der Waals surface area contributed by atoms with E-state index in [1.165, 1.54) is 11.7 Å². The van der Waals surface area contributed by atoms with Crippen molar-refractivity contribution in [3.05, 3.63) is 11.3 Å². The maximum absolute atomic E-state index is 12.9. The van der Waals surface area contributed by atoms with Gasteiger partial charge in [-0.15, -0.1) is 0 Å². The van der Waals surface area contributed by atoms with Crippen LogP contribution in [0.15, 0.2) is 0 Å². The highest BCUT2D eigenvalue weighted by atomic mass is 19.4. The molecular weight excluding hydrogens is 313 g/mol. The Hall–Kier alpha value is -1.87. The molecule has 0 atom stereocenters. The molecule has 1 aliphatic carbocycles. The van der Waals surface area contributed by atoms with Crippen molar-refractivity contribution < 1.29 is 31.5 Å². The van der Waals surface area contributed by atoms with Gasteiger partial charge in [0.1, 0.15) is 5.82 Å². The normalized spacial score (nSPS) is 18.0. The van der Waals surface area contributed by atoms with Gasteiger partial charge in [0.05, 0.1) is 5.69 Å². The van der Waals surface area contributed by atoms with Crippen molar-refractivity contribution in [3.8, 4) is 0 Å². The van der Waals surface area contributed by atoms with Crippen molar-refractivity contribution in [3.63, 3.8) is 0 Å². The highest BCUT2D eigenvalue weighted by Gasteiger charge is 2.47. The Kier molecular flexibility index (Phi) is 4.05. The van der Waals surface area contributed by atoms with Gasteiger partial charge in [0.25, 0.3) is 0 Å². The van der Waals surface area contributed by atoms with E-state index in [9.17, 15) is 26.7 Å². The molecule has 1 saturated carbocycles. The number of hydrogen-bond acceptors (Lipinski definition) is 3. The Labute approximate surface area is 122 Å². The number of ether oxygens (including phenoxy) is 1. The lowest BCUT2D eigenvalue weighted by Crippen LogP contribution is -2.34. The summed E-state index contributed by atoms with van der Waals surface area (Å²) in [5.74, 6) is -3.02. The van der Waals surface area contributed by atoms with Gasteiger partial charge in [-0.25, -0.2) is 13.6 Å². The molecule has 1 N–H and O–H groups in total. The molecule has 124 valence electrons. The first kappa shape index (κ1) is 16.5. The van der Waals surface area contributed by atoms with E-state index in [1.807, 2.05) is 0 Å². The molecule has 0 bridgehead atoms. The Bertz CT molecular complexity index is 574. The van der Waals surface area contributed by atoms with Crippen molar-refractivity contribution in [2.24, 2.45) is 7.05 Å². The average molecular weight is 327 g/mol. The van der Waals surface area contributed by atoms with Crippen molar-refractivity contribution >= 4 is 11.9 Å². The van der Waals surface area contributed by atoms with Crippen molar-refractivity contribution in [2.45, 2.75) is 37.8 Å². The summed E-state index contributed by atoms with van der Waals surface area (Å²) in [7, 11) is 1.45. The van der Waals surface area contributed by atoms with Crippen LogP contribution in [-0.2, 0) is 11.8 Å². The summed E-state index contributed by atoms with van der Waals surface area (Å²) in [6.45, 7) is -0.157. The van der Waals surface area contributed by atoms with Crippen LogP contribution in [0.1, 0.15) is 30.0 Å². The monoisotopic (exact) mass is 327 g/mol. The van der Waals surface area contributed by atoms with Gasteiger partial charge < -0.3 is 4.74 Å². The number of amides is 1. The van der Waals surface area contributed by atoms with Crippen LogP contribution in [0.4, 0.5) is 32.6 Å². The van der Waals surface area contributed by atoms with E-state index in [1.54, 1.807) is 6.92 Å². The number of nitrogens with zero attached hydrogens (tertiary/aromatic N) is 2. The zero-order valence-electron chi connectivity index (χ0n) is 11.8. The summed E-state index contributed by atoms with van der Waals surface area (Å²) in [5.41, 5.74) is 0.839. The van der Waals surface area contributed by atoms with Crippen LogP contribution in [-0.4, -0.2) is 34.6 Å². The maximum atomic E-state index is 12.9. The predicted octanol–water partition coefficient (Wildman–Crippen LogP) is 3.35. The highest BCUT2D eigenvalue weighted by Crippen LogP contribution is 2.49. The van der Waals surface area contributed by atoms with Crippen LogP contribution >= 0.6 is 0 Å². The fourth-order valence-corrected chi connectivity index (χ4v) is 2.35. The lowest BCUT2D eigenvalue weighted by Gasteiger charge is -2.34. The minimum absolute atomic E-state index is 0.123. The van der Waals surface area contributed by atoms with Gasteiger partial charge in [0.2, 0.25) is 5.92 Å². The first-order chi connectivity index (χ1) is 9.98. The number of aromatic nitrogens is 2. The van der Waals surface area contributed by atoms with Crippen LogP contribution in [0.25, 0.3) is 0 Å². The molecule has 1 aromatic rings. The van der Waals surface area contributed by atoms with E-state index in [-0.39, 0.29) is 18.7 Å². The summed E-state index contributed by atoms with van der Waals surface area (Å²) in [4.78, 5) is 11.3. The first-order valence-corrected chi connectivity index (χ1v) is 6.40. The molecule has 10 heteroatoms. The quantitative estimate of drug-likeness (QED) is 0.866. The Balaban J connectivity index is 2.03. The number of carbonyl (C=O) groups is 1. The van der Waals surface area contributed by atoms with Gasteiger partial charge >= 0.3 is 12.3 Å². The molecule has 1 heterocycles. The smallest absolute Gasteiger partial charge is 0.422 e. The van der Waals surface area contributed by atoms with Crippen LogP contribution in [0.5, 0.6) is 0 Å². The Morgan fingerprint density at radius 1 is 1.45 bits per heavy atom. The van der Waals surface area contributed by atoms with Crippen LogP contribution < -0.4 is 5.32 Å². The minimum Gasteiger partial charge on any atom is -0.440 e. The second kappa shape index (κ2) is 5.40. The number of hydrogen-bond donors (Lipinski definition) is 1. The number of anilines is 1. The lowest BCUT2D eigenvalue weighted by molar-refractivity contribution is -0.159. The SMILES string of the molecule is Cc1c(C2CC(F)(F)C2)nn(C)c1NC(=O)OCC(F)(F)F. The summed E-state index contributed by atoms with van der Waals surface area (Å²) in [6, 6.07) is 0. The number of carbonyl (C=O) groups excluding carboxylic acids is 1. The van der Waals surface area contributed by atoms with Crippen molar-refractivity contribution in [1.82, 2.24) is 9.78 Å². The fraction of sp³-hybridized carbons (Fsp3) is 0.667. The van der Waals surface area contributed by atoms with Gasteiger partial charge in [-0.2, -0.15) is 18.3 Å². The molecule has 0 unspecified atom stereocenters. The number of aryl methyl sites for hydroxylation is 1. The third-order valence-corrected chi connectivity index (χ3v) is 3.38. The second-order valence-electron chi connectivity index (χ2n) is 5.26. The fourth-order valence-electron chi connectivity index (χ4n) is 2.35. The molecule has 22 heavy (non-hydrogen) atoms. The van der Waals surface area contributed by atoms with Crippen LogP contribution in [0, 0.1) is 6.92 Å². The largest absolute Gasteiger partial charge is 0.440 e. The van der Waals surface area contributed by atoms with E-state index >= 15 is 0 Å². The molecule has 1 amide bonds. The number of nitrogens with one attached hydrogen (secondary N) is 1. The average Bonchev–Trinajstić information content (AvgIpc) is 2.60. The zero-order valence-corrected chi connectivity index (χ0v) is 11.8. The zero-order chi connectivity index (χ0) is 16.7. The van der Waals surface area contributed by atoms with Crippen LogP contribution in [0.2, 0.25) is 0 Å². The topological polar surface area (TPSA) is 56.2 Å². The number of rotatable bonds is 3. The van der Waals surface area contributed by atoms with Gasteiger partial charge in [0, 0.05) is 31.4 Å². The standard InChI is InChI=1S/C12H14F5N3O2/c1-6-8(7-3-11(13,14)4-7)19-20(2)9(6)18-10(21)22-5-12(15,16)17/h7H,3-5H2,1-2H3,(H,18,21). The first-order valence-electron chi connectivity index (χ1n) is 6.40. The molecule has 0 aliphatic heterocycles. The van der Waals surface area contributed by atoms with Gasteiger partial charge in [-0.3, -0.25) is 10.00 Å². The van der Waals surface area contributed by atoms with E-state index in [2.05, 4.69) is 15.2 Å². The summed E-state index contributed by atoms with van der Waals surface area (Å²) < 4.78 is 66.9. The summed E-state index contributed by atoms with van der Waals surface area (Å²) >= 11 is 0. The number of halogens is 5. The van der Waals surface area contributed by atoms with Gasteiger partial charge in [-0.1, -0.05) is 0 Å². The minimum atomic E-state index is -4.62. The van der Waals surface area contributed by atoms with E-state index < -0.39 is 30.7 Å². The summed E-state index contributed by atoms with van der Waals surface area (Å²) in [6.07, 6.45) is -6.57. The second-order valence-corrected chi connectivity index (χ2v) is 5.26. The van der Waals surface area contributed by atoms with Crippen molar-refractivity contribution in [2.75, 3.05) is 11.9 Å². The van der Waals surface area contributed by atoms with Gasteiger partial charge in [-0.05, 0) is 6.92 Å². The molecule has 0 aromatic carbocycles. The molecule has 0 spiro atoms. The third-order valence-electron chi connectivity index (χ3n) is 3.38. The molecule has 1 aromatic heterocycles. The predicted molar refractivity (Wildman–Crippen MR) is 65.9 cm³/mol. The molecule has 1 aliphatic rings. The molecule has 5 nitrogen and oxygen atoms in total.